The van der Waals surface area contributed by atoms with Gasteiger partial charge in [0, 0.05) is 13.1 Å². The maximum absolute atomic E-state index is 12.9. The van der Waals surface area contributed by atoms with Crippen molar-refractivity contribution in [1.82, 2.24) is 10.2 Å². The molecule has 6 heteroatoms. The van der Waals surface area contributed by atoms with Crippen molar-refractivity contribution in [2.24, 2.45) is 5.92 Å². The molecule has 1 atom stereocenters. The van der Waals surface area contributed by atoms with E-state index in [-0.39, 0.29) is 16.6 Å². The van der Waals surface area contributed by atoms with Gasteiger partial charge in [0.1, 0.15) is 0 Å². The first kappa shape index (κ1) is 17.9. The van der Waals surface area contributed by atoms with Crippen LogP contribution >= 0.6 is 0 Å². The van der Waals surface area contributed by atoms with Gasteiger partial charge in [0.15, 0.2) is 9.84 Å². The molecule has 0 unspecified atom stereocenters. The van der Waals surface area contributed by atoms with E-state index in [0.717, 1.165) is 19.4 Å². The van der Waals surface area contributed by atoms with Crippen molar-refractivity contribution < 1.29 is 13.2 Å². The number of piperidine rings is 1. The maximum Gasteiger partial charge on any atom is 0.255 e. The lowest BCUT2D eigenvalue weighted by Gasteiger charge is -2.33. The van der Waals surface area contributed by atoms with E-state index < -0.39 is 9.84 Å². The van der Waals surface area contributed by atoms with E-state index in [2.05, 4.69) is 5.32 Å². The molecule has 5 nitrogen and oxygen atoms in total. The van der Waals surface area contributed by atoms with Gasteiger partial charge in [-0.25, -0.2) is 8.42 Å². The van der Waals surface area contributed by atoms with E-state index in [1.807, 2.05) is 14.0 Å². The lowest BCUT2D eigenvalue weighted by Crippen LogP contribution is -2.42. The van der Waals surface area contributed by atoms with Crippen LogP contribution in [-0.2, 0) is 9.84 Å². The molecule has 0 spiro atoms. The number of hydrogen-bond donors (Lipinski definition) is 1. The Morgan fingerprint density at radius 2 is 2.09 bits per heavy atom. The highest BCUT2D eigenvalue weighted by Gasteiger charge is 2.28. The molecule has 1 saturated heterocycles. The molecule has 1 N–H and O–H groups in total. The summed E-state index contributed by atoms with van der Waals surface area (Å²) in [6.07, 6.45) is 2.60. The van der Waals surface area contributed by atoms with Gasteiger partial charge in [-0.3, -0.25) is 4.79 Å². The van der Waals surface area contributed by atoms with E-state index in [0.29, 0.717) is 31.0 Å². The van der Waals surface area contributed by atoms with Crippen molar-refractivity contribution in [2.45, 2.75) is 31.1 Å². The second-order valence-corrected chi connectivity index (χ2v) is 8.21. The van der Waals surface area contributed by atoms with Gasteiger partial charge < -0.3 is 10.2 Å². The Labute approximate surface area is 139 Å². The van der Waals surface area contributed by atoms with Gasteiger partial charge in [-0.05, 0) is 50.9 Å². The lowest BCUT2D eigenvalue weighted by molar-refractivity contribution is 0.0670. The van der Waals surface area contributed by atoms with Crippen LogP contribution in [0.25, 0.3) is 0 Å². The van der Waals surface area contributed by atoms with E-state index in [1.54, 1.807) is 29.2 Å². The van der Waals surface area contributed by atoms with Gasteiger partial charge in [-0.2, -0.15) is 0 Å². The molecule has 1 amide bonds. The minimum Gasteiger partial charge on any atom is -0.338 e. The summed E-state index contributed by atoms with van der Waals surface area (Å²) < 4.78 is 24.9. The number of likely N-dealkylation sites (tertiary alicyclic amines) is 1. The van der Waals surface area contributed by atoms with Crippen LogP contribution in [-0.4, -0.2) is 51.7 Å². The summed E-state index contributed by atoms with van der Waals surface area (Å²) in [5.74, 6) is 0.331. The molecule has 1 aromatic carbocycles. The molecule has 1 heterocycles. The van der Waals surface area contributed by atoms with Crippen LogP contribution in [0.1, 0.15) is 36.5 Å². The number of nitrogens with zero attached hydrogens (tertiary/aromatic N) is 1. The molecule has 1 aliphatic heterocycles. The topological polar surface area (TPSA) is 66.5 Å². The van der Waals surface area contributed by atoms with E-state index in [9.17, 15) is 13.2 Å². The summed E-state index contributed by atoms with van der Waals surface area (Å²) in [5, 5.41) is 3.16. The minimum atomic E-state index is -3.41. The van der Waals surface area contributed by atoms with Crippen molar-refractivity contribution in [3.05, 3.63) is 29.8 Å². The number of amides is 1. The van der Waals surface area contributed by atoms with Crippen LogP contribution in [0, 0.1) is 5.92 Å². The van der Waals surface area contributed by atoms with Crippen LogP contribution in [0.3, 0.4) is 0 Å². The average molecular weight is 338 g/mol. The van der Waals surface area contributed by atoms with Crippen LogP contribution in [0.2, 0.25) is 0 Å². The summed E-state index contributed by atoms with van der Waals surface area (Å²) in [6.45, 7) is 4.08. The monoisotopic (exact) mass is 338 g/mol. The van der Waals surface area contributed by atoms with Gasteiger partial charge in [-0.1, -0.05) is 19.1 Å². The van der Waals surface area contributed by atoms with E-state index >= 15 is 0 Å². The Morgan fingerprint density at radius 1 is 1.35 bits per heavy atom. The summed E-state index contributed by atoms with van der Waals surface area (Å²) in [6, 6.07) is 6.59. The quantitative estimate of drug-likeness (QED) is 0.861. The molecule has 128 valence electrons. The van der Waals surface area contributed by atoms with Crippen molar-refractivity contribution in [1.29, 1.82) is 0 Å². The summed E-state index contributed by atoms with van der Waals surface area (Å²) in [5.41, 5.74) is 0.311. The smallest absolute Gasteiger partial charge is 0.255 e. The predicted octanol–water partition coefficient (Wildman–Crippen LogP) is 1.94. The second kappa shape index (κ2) is 7.93. The number of hydrogen-bond acceptors (Lipinski definition) is 4. The molecule has 0 aromatic heterocycles. The van der Waals surface area contributed by atoms with Crippen LogP contribution < -0.4 is 5.32 Å². The SMILES string of the molecule is CCCS(=O)(=O)c1ccccc1C(=O)N1CCC[C@H](CNC)C1. The van der Waals surface area contributed by atoms with E-state index in [4.69, 9.17) is 0 Å². The number of nitrogens with one attached hydrogen (secondary N) is 1. The highest BCUT2D eigenvalue weighted by molar-refractivity contribution is 7.91. The molecule has 0 saturated carbocycles. The molecule has 2 rings (SSSR count). The summed E-state index contributed by atoms with van der Waals surface area (Å²) >= 11 is 0. The van der Waals surface area contributed by atoms with Gasteiger partial charge in [0.05, 0.1) is 16.2 Å². The standard InChI is InChI=1S/C17H26N2O3S/c1-3-11-23(21,22)16-9-5-4-8-15(16)17(20)19-10-6-7-14(13-19)12-18-2/h4-5,8-9,14,18H,3,6-7,10-13H2,1-2H3/t14-/m1/s1. The molecule has 0 radical (unpaired) electrons. The zero-order chi connectivity index (χ0) is 16.9. The lowest BCUT2D eigenvalue weighted by atomic mass is 9.97. The Morgan fingerprint density at radius 3 is 2.78 bits per heavy atom. The molecule has 23 heavy (non-hydrogen) atoms. The molecule has 1 aromatic rings. The zero-order valence-corrected chi connectivity index (χ0v) is 14.7. The third-order valence-electron chi connectivity index (χ3n) is 4.22. The minimum absolute atomic E-state index is 0.0691. The van der Waals surface area contributed by atoms with Crippen molar-refractivity contribution in [3.8, 4) is 0 Å². The Hall–Kier alpha value is -1.40. The highest BCUT2D eigenvalue weighted by atomic mass is 32.2. The molecule has 1 aliphatic rings. The molecule has 1 fully saturated rings. The fourth-order valence-electron chi connectivity index (χ4n) is 3.17. The fourth-order valence-corrected chi connectivity index (χ4v) is 4.70. The zero-order valence-electron chi connectivity index (χ0n) is 13.9. The Balaban J connectivity index is 2.26. The third kappa shape index (κ3) is 4.32. The number of sulfone groups is 1. The Bertz CT molecular complexity index is 641. The molecular formula is C17H26N2O3S. The van der Waals surface area contributed by atoms with Crippen LogP contribution in [0.15, 0.2) is 29.2 Å². The van der Waals surface area contributed by atoms with Crippen LogP contribution in [0.5, 0.6) is 0 Å². The maximum atomic E-state index is 12.9. The summed E-state index contributed by atoms with van der Waals surface area (Å²) in [7, 11) is -1.50. The number of benzene rings is 1. The van der Waals surface area contributed by atoms with Crippen molar-refractivity contribution in [3.63, 3.8) is 0 Å². The van der Waals surface area contributed by atoms with Gasteiger partial charge >= 0.3 is 0 Å². The van der Waals surface area contributed by atoms with Gasteiger partial charge in [-0.15, -0.1) is 0 Å². The van der Waals surface area contributed by atoms with E-state index in [1.165, 1.54) is 0 Å². The first-order valence-corrected chi connectivity index (χ1v) is 9.90. The molecule has 0 bridgehead atoms. The predicted molar refractivity (Wildman–Crippen MR) is 91.3 cm³/mol. The Kier molecular flexibility index (Phi) is 6.18. The van der Waals surface area contributed by atoms with Crippen molar-refractivity contribution in [2.75, 3.05) is 32.4 Å². The highest BCUT2D eigenvalue weighted by Crippen LogP contribution is 2.23. The average Bonchev–Trinajstić information content (AvgIpc) is 2.55. The van der Waals surface area contributed by atoms with Gasteiger partial charge in [0.25, 0.3) is 5.91 Å². The largest absolute Gasteiger partial charge is 0.338 e. The first-order valence-electron chi connectivity index (χ1n) is 8.25. The van der Waals surface area contributed by atoms with Crippen LogP contribution in [0.4, 0.5) is 0 Å². The number of carbonyl (C=O) groups is 1. The van der Waals surface area contributed by atoms with Crippen molar-refractivity contribution >= 4 is 15.7 Å². The number of rotatable bonds is 6. The molecular weight excluding hydrogens is 312 g/mol. The third-order valence-corrected chi connectivity index (χ3v) is 6.20. The normalized spacial score (nSPS) is 18.9. The number of carbonyl (C=O) groups excluding carboxylic acids is 1. The van der Waals surface area contributed by atoms with Gasteiger partial charge in [0.2, 0.25) is 0 Å². The summed E-state index contributed by atoms with van der Waals surface area (Å²) in [4.78, 5) is 14.8. The fraction of sp³-hybridized carbons (Fsp3) is 0.588. The second-order valence-electron chi connectivity index (χ2n) is 6.13. The first-order chi connectivity index (χ1) is 11.0. The molecule has 0 aliphatic carbocycles.